The first kappa shape index (κ1) is 19.2. The molecule has 0 bridgehead atoms. The highest BCUT2D eigenvalue weighted by molar-refractivity contribution is 9.10. The molecule has 7 heteroatoms. The van der Waals surface area contributed by atoms with Crippen LogP contribution in [0.4, 0.5) is 5.13 Å². The summed E-state index contributed by atoms with van der Waals surface area (Å²) >= 11 is 5.05. The number of amides is 1. The molecular weight excluding hydrogens is 412 g/mol. The average molecular weight is 435 g/mol. The van der Waals surface area contributed by atoms with Gasteiger partial charge >= 0.3 is 0 Å². The molecule has 1 amide bonds. The van der Waals surface area contributed by atoms with E-state index in [4.69, 9.17) is 0 Å². The van der Waals surface area contributed by atoms with Gasteiger partial charge in [0.2, 0.25) is 5.91 Å². The molecule has 1 saturated heterocycles. The molecule has 3 rings (SSSR count). The van der Waals surface area contributed by atoms with E-state index < -0.39 is 0 Å². The van der Waals surface area contributed by atoms with Crippen LogP contribution in [0.2, 0.25) is 0 Å². The van der Waals surface area contributed by atoms with Crippen molar-refractivity contribution in [2.24, 2.45) is 0 Å². The molecule has 0 unspecified atom stereocenters. The average Bonchev–Trinajstić information content (AvgIpc) is 2.85. The van der Waals surface area contributed by atoms with Crippen LogP contribution in [0.1, 0.15) is 41.6 Å². The standard InChI is InChI=1S/C19H23BrN4OS/c1-12-7-16(8-13(2)21-12)9-15-5-4-6-24(10-15)11-17-18(20)23-19(26-17)22-14(3)25/h7-9H,4-6,10-11H2,1-3H3,(H,22,23,25)/b15-9+. The Labute approximate surface area is 166 Å². The molecule has 0 atom stereocenters. The number of hydrogen-bond acceptors (Lipinski definition) is 5. The highest BCUT2D eigenvalue weighted by Crippen LogP contribution is 2.30. The zero-order chi connectivity index (χ0) is 18.7. The highest BCUT2D eigenvalue weighted by atomic mass is 79.9. The molecule has 138 valence electrons. The Kier molecular flexibility index (Phi) is 6.21. The smallest absolute Gasteiger partial charge is 0.223 e. The number of nitrogens with one attached hydrogen (secondary N) is 1. The van der Waals surface area contributed by atoms with Crippen LogP contribution in [-0.2, 0) is 11.3 Å². The van der Waals surface area contributed by atoms with Crippen LogP contribution in [0.25, 0.3) is 6.08 Å². The van der Waals surface area contributed by atoms with Crippen molar-refractivity contribution >= 4 is 44.4 Å². The second-order valence-electron chi connectivity index (χ2n) is 6.71. The summed E-state index contributed by atoms with van der Waals surface area (Å²) < 4.78 is 0.822. The number of nitrogens with zero attached hydrogens (tertiary/aromatic N) is 3. The second kappa shape index (κ2) is 8.41. The van der Waals surface area contributed by atoms with Crippen LogP contribution < -0.4 is 5.32 Å². The van der Waals surface area contributed by atoms with Crippen molar-refractivity contribution in [2.45, 2.75) is 40.2 Å². The van der Waals surface area contributed by atoms with Gasteiger partial charge in [0, 0.05) is 31.4 Å². The van der Waals surface area contributed by atoms with Gasteiger partial charge in [-0.1, -0.05) is 23.0 Å². The normalized spacial score (nSPS) is 16.8. The summed E-state index contributed by atoms with van der Waals surface area (Å²) in [5.41, 5.74) is 4.80. The highest BCUT2D eigenvalue weighted by Gasteiger charge is 2.18. The largest absolute Gasteiger partial charge is 0.302 e. The zero-order valence-corrected chi connectivity index (χ0v) is 17.7. The van der Waals surface area contributed by atoms with E-state index in [2.05, 4.69) is 54.3 Å². The molecule has 0 radical (unpaired) electrons. The third-order valence-corrected chi connectivity index (χ3v) is 6.05. The van der Waals surface area contributed by atoms with Crippen molar-refractivity contribution < 1.29 is 4.79 Å². The van der Waals surface area contributed by atoms with Crippen LogP contribution in [0, 0.1) is 13.8 Å². The number of aromatic nitrogens is 2. The van der Waals surface area contributed by atoms with Crippen molar-refractivity contribution in [3.8, 4) is 0 Å². The third kappa shape index (κ3) is 5.22. The van der Waals surface area contributed by atoms with E-state index in [0.29, 0.717) is 5.13 Å². The van der Waals surface area contributed by atoms with Gasteiger partial charge in [-0.3, -0.25) is 14.7 Å². The maximum atomic E-state index is 11.2. The number of hydrogen-bond donors (Lipinski definition) is 1. The molecule has 1 aliphatic heterocycles. The molecule has 0 spiro atoms. The van der Waals surface area contributed by atoms with Gasteiger partial charge in [-0.15, -0.1) is 0 Å². The fourth-order valence-electron chi connectivity index (χ4n) is 3.25. The van der Waals surface area contributed by atoms with Gasteiger partial charge in [-0.2, -0.15) is 0 Å². The predicted molar refractivity (Wildman–Crippen MR) is 110 cm³/mol. The summed E-state index contributed by atoms with van der Waals surface area (Å²) in [6.45, 7) is 8.45. The first-order valence-electron chi connectivity index (χ1n) is 8.69. The number of rotatable bonds is 4. The molecule has 1 fully saturated rings. The second-order valence-corrected chi connectivity index (χ2v) is 8.55. The maximum absolute atomic E-state index is 11.2. The van der Waals surface area contributed by atoms with Gasteiger partial charge in [-0.25, -0.2) is 4.98 Å². The molecular formula is C19H23BrN4OS. The van der Waals surface area contributed by atoms with E-state index in [9.17, 15) is 4.79 Å². The van der Waals surface area contributed by atoms with Gasteiger partial charge in [0.25, 0.3) is 0 Å². The van der Waals surface area contributed by atoms with E-state index in [1.807, 2.05) is 13.8 Å². The minimum absolute atomic E-state index is 0.0936. The summed E-state index contributed by atoms with van der Waals surface area (Å²) in [5.74, 6) is -0.0936. The molecule has 0 aromatic carbocycles. The number of carbonyl (C=O) groups excluding carboxylic acids is 1. The topological polar surface area (TPSA) is 58.1 Å². The fourth-order valence-corrected chi connectivity index (χ4v) is 4.86. The molecule has 0 aliphatic carbocycles. The quantitative estimate of drug-likeness (QED) is 0.765. The number of aryl methyl sites for hydroxylation is 2. The van der Waals surface area contributed by atoms with Crippen LogP contribution in [0.15, 0.2) is 22.3 Å². The monoisotopic (exact) mass is 434 g/mol. The van der Waals surface area contributed by atoms with Crippen molar-refractivity contribution in [2.75, 3.05) is 18.4 Å². The lowest BCUT2D eigenvalue weighted by Crippen LogP contribution is -2.30. The molecule has 1 N–H and O–H groups in total. The van der Waals surface area contributed by atoms with Crippen molar-refractivity contribution in [3.63, 3.8) is 0 Å². The Hall–Kier alpha value is -1.57. The molecule has 26 heavy (non-hydrogen) atoms. The van der Waals surface area contributed by atoms with Crippen LogP contribution in [0.3, 0.4) is 0 Å². The molecule has 3 heterocycles. The minimum atomic E-state index is -0.0936. The summed E-state index contributed by atoms with van der Waals surface area (Å²) in [4.78, 5) is 23.6. The Morgan fingerprint density at radius 2 is 2.08 bits per heavy atom. The molecule has 0 saturated carbocycles. The Bertz CT molecular complexity index is 826. The van der Waals surface area contributed by atoms with Crippen LogP contribution in [0.5, 0.6) is 0 Å². The van der Waals surface area contributed by atoms with E-state index in [0.717, 1.165) is 53.3 Å². The summed E-state index contributed by atoms with van der Waals surface area (Å²) in [5, 5.41) is 3.41. The molecule has 5 nitrogen and oxygen atoms in total. The van der Waals surface area contributed by atoms with Crippen LogP contribution in [-0.4, -0.2) is 33.9 Å². The summed E-state index contributed by atoms with van der Waals surface area (Å²) in [6, 6.07) is 4.27. The predicted octanol–water partition coefficient (Wildman–Crippen LogP) is 4.56. The number of piperidine rings is 1. The van der Waals surface area contributed by atoms with Gasteiger partial charge in [0.05, 0.1) is 4.88 Å². The Morgan fingerprint density at radius 3 is 2.77 bits per heavy atom. The lowest BCUT2D eigenvalue weighted by Gasteiger charge is -2.28. The molecule has 2 aromatic heterocycles. The lowest BCUT2D eigenvalue weighted by molar-refractivity contribution is -0.114. The minimum Gasteiger partial charge on any atom is -0.302 e. The number of anilines is 1. The maximum Gasteiger partial charge on any atom is 0.223 e. The van der Waals surface area contributed by atoms with Crippen molar-refractivity contribution in [1.29, 1.82) is 0 Å². The van der Waals surface area contributed by atoms with E-state index in [1.54, 1.807) is 0 Å². The van der Waals surface area contributed by atoms with Crippen molar-refractivity contribution in [3.05, 3.63) is 44.1 Å². The van der Waals surface area contributed by atoms with Crippen LogP contribution >= 0.6 is 27.3 Å². The Morgan fingerprint density at radius 1 is 1.35 bits per heavy atom. The number of carbonyl (C=O) groups is 1. The van der Waals surface area contributed by atoms with E-state index in [-0.39, 0.29) is 5.91 Å². The van der Waals surface area contributed by atoms with E-state index in [1.165, 1.54) is 29.4 Å². The SMILES string of the molecule is CC(=O)Nc1nc(Br)c(CN2CCC/C(=C\c3cc(C)nc(C)c3)C2)s1. The number of thiazole rings is 1. The number of likely N-dealkylation sites (tertiary alicyclic amines) is 1. The Balaban J connectivity index is 1.69. The summed E-state index contributed by atoms with van der Waals surface area (Å²) in [7, 11) is 0. The zero-order valence-electron chi connectivity index (χ0n) is 15.3. The summed E-state index contributed by atoms with van der Waals surface area (Å²) in [6.07, 6.45) is 4.60. The van der Waals surface area contributed by atoms with Gasteiger partial charge in [0.15, 0.2) is 5.13 Å². The third-order valence-electron chi connectivity index (χ3n) is 4.17. The van der Waals surface area contributed by atoms with Gasteiger partial charge in [0.1, 0.15) is 4.60 Å². The van der Waals surface area contributed by atoms with Gasteiger partial charge < -0.3 is 5.32 Å². The van der Waals surface area contributed by atoms with Gasteiger partial charge in [-0.05, 0) is 66.9 Å². The molecule has 2 aromatic rings. The fraction of sp³-hybridized carbons (Fsp3) is 0.421. The molecule has 1 aliphatic rings. The first-order valence-corrected chi connectivity index (χ1v) is 10.3. The number of pyridine rings is 1. The van der Waals surface area contributed by atoms with E-state index >= 15 is 0 Å². The van der Waals surface area contributed by atoms with Crippen molar-refractivity contribution in [1.82, 2.24) is 14.9 Å². The lowest BCUT2D eigenvalue weighted by atomic mass is 10.0. The number of halogens is 1. The first-order chi connectivity index (χ1) is 12.4.